The quantitative estimate of drug-likeness (QED) is 0.686. The van der Waals surface area contributed by atoms with E-state index in [1.807, 2.05) is 0 Å². The average molecular weight is 391 g/mol. The van der Waals surface area contributed by atoms with Crippen LogP contribution in [0.25, 0.3) is 0 Å². The van der Waals surface area contributed by atoms with Crippen LogP contribution in [0, 0.1) is 40.4 Å². The molecular weight excluding hydrogens is 352 g/mol. The van der Waals surface area contributed by atoms with Crippen molar-refractivity contribution in [3.05, 3.63) is 0 Å². The van der Waals surface area contributed by atoms with Gasteiger partial charge in [-0.2, -0.15) is 0 Å². The highest BCUT2D eigenvalue weighted by Gasteiger charge is 2.79. The number of rotatable bonds is 4. The fourth-order valence-electron chi connectivity index (χ4n) is 9.21. The van der Waals surface area contributed by atoms with Crippen LogP contribution in [0.3, 0.4) is 0 Å². The van der Waals surface area contributed by atoms with Crippen molar-refractivity contribution < 1.29 is 19.7 Å². The first-order valence-corrected chi connectivity index (χ1v) is 11.8. The van der Waals surface area contributed by atoms with Crippen LogP contribution >= 0.6 is 0 Å². The third-order valence-corrected chi connectivity index (χ3v) is 10.6. The normalized spacial score (nSPS) is 55.4. The van der Waals surface area contributed by atoms with E-state index in [4.69, 9.17) is 9.84 Å². The summed E-state index contributed by atoms with van der Waals surface area (Å²) in [5.74, 6) is 2.48. The molecule has 5 aliphatic rings. The minimum Gasteiger partial charge on any atom is -0.481 e. The molecule has 0 radical (unpaired) electrons. The summed E-state index contributed by atoms with van der Waals surface area (Å²) in [5, 5.41) is 19.4. The van der Waals surface area contributed by atoms with Crippen molar-refractivity contribution >= 4 is 5.97 Å². The molecular formula is C24H38O4. The van der Waals surface area contributed by atoms with Gasteiger partial charge in [0.25, 0.3) is 0 Å². The van der Waals surface area contributed by atoms with Crippen LogP contribution in [0.5, 0.6) is 0 Å². The maximum absolute atomic E-state index is 11.1. The highest BCUT2D eigenvalue weighted by atomic mass is 16.6. The van der Waals surface area contributed by atoms with Gasteiger partial charge in [0.15, 0.2) is 0 Å². The molecule has 0 aromatic heterocycles. The van der Waals surface area contributed by atoms with Crippen molar-refractivity contribution in [2.75, 3.05) is 0 Å². The second-order valence-electron chi connectivity index (χ2n) is 11.5. The van der Waals surface area contributed by atoms with Gasteiger partial charge in [-0.15, -0.1) is 0 Å². The Morgan fingerprint density at radius 3 is 2.64 bits per heavy atom. The molecule has 0 bridgehead atoms. The Balaban J connectivity index is 1.40. The molecule has 4 heteroatoms. The Morgan fingerprint density at radius 1 is 1.14 bits per heavy atom. The van der Waals surface area contributed by atoms with Crippen LogP contribution in [0.1, 0.15) is 85.0 Å². The lowest BCUT2D eigenvalue weighted by molar-refractivity contribution is -0.137. The van der Waals surface area contributed by atoms with Gasteiger partial charge in [-0.05, 0) is 92.8 Å². The summed E-state index contributed by atoms with van der Waals surface area (Å²) in [6, 6.07) is 0. The maximum Gasteiger partial charge on any atom is 0.303 e. The van der Waals surface area contributed by atoms with Crippen LogP contribution in [0.4, 0.5) is 0 Å². The third-order valence-electron chi connectivity index (χ3n) is 10.6. The van der Waals surface area contributed by atoms with Gasteiger partial charge in [0.05, 0.1) is 12.2 Å². The van der Waals surface area contributed by atoms with Crippen LogP contribution in [-0.2, 0) is 9.53 Å². The Bertz CT molecular complexity index is 663. The van der Waals surface area contributed by atoms with Crippen molar-refractivity contribution in [2.24, 2.45) is 40.4 Å². The van der Waals surface area contributed by atoms with E-state index in [0.717, 1.165) is 31.6 Å². The number of epoxide rings is 1. The molecule has 10 atom stereocenters. The summed E-state index contributed by atoms with van der Waals surface area (Å²) in [5.41, 5.74) is 0.637. The van der Waals surface area contributed by atoms with E-state index < -0.39 is 5.97 Å². The second kappa shape index (κ2) is 6.20. The van der Waals surface area contributed by atoms with E-state index in [1.165, 1.54) is 32.1 Å². The fraction of sp³-hybridized carbons (Fsp3) is 0.958. The summed E-state index contributed by atoms with van der Waals surface area (Å²) >= 11 is 0. The zero-order valence-corrected chi connectivity index (χ0v) is 17.8. The van der Waals surface area contributed by atoms with E-state index in [1.54, 1.807) is 0 Å². The molecule has 1 heterocycles. The molecule has 1 saturated heterocycles. The Labute approximate surface area is 169 Å². The molecule has 1 spiro atoms. The first-order chi connectivity index (χ1) is 13.2. The molecule has 0 amide bonds. The first-order valence-electron chi connectivity index (χ1n) is 11.8. The number of fused-ring (bicyclic) bond motifs is 3. The SMILES string of the molecule is C[C@H](CCC(=O)O)C1CCC2C3CC[C@@H]4C[C@H](O)CC[C@]4(C)[C@]34O[C@@H]4C[C@@]21C. The lowest BCUT2D eigenvalue weighted by Crippen LogP contribution is -2.60. The zero-order chi connectivity index (χ0) is 19.9. The number of aliphatic hydroxyl groups is 1. The summed E-state index contributed by atoms with van der Waals surface area (Å²) in [7, 11) is 0. The molecule has 0 aromatic rings. The summed E-state index contributed by atoms with van der Waals surface area (Å²) in [6.45, 7) is 7.29. The first kappa shape index (κ1) is 19.4. The highest BCUT2D eigenvalue weighted by Crippen LogP contribution is 2.76. The van der Waals surface area contributed by atoms with Crippen molar-refractivity contribution in [1.29, 1.82) is 0 Å². The molecule has 5 rings (SSSR count). The standard InChI is InChI=1S/C24H38O4/c1-14(4-9-21(26)27)17-7-8-18-19-6-5-15-12-16(25)10-11-23(15,3)24(19)20(28-24)13-22(17,18)2/h14-20,25H,4-13H2,1-3H3,(H,26,27)/t14-,15-,16-,17?,18?,19?,20-,22-,23+,24+/m1/s1. The smallest absolute Gasteiger partial charge is 0.303 e. The van der Waals surface area contributed by atoms with Crippen molar-refractivity contribution in [2.45, 2.75) is 103 Å². The predicted octanol–water partition coefficient (Wildman–Crippen LogP) is 4.64. The molecule has 4 saturated carbocycles. The van der Waals surface area contributed by atoms with E-state index in [-0.39, 0.29) is 17.1 Å². The maximum atomic E-state index is 11.1. The van der Waals surface area contributed by atoms with Gasteiger partial charge in [0.1, 0.15) is 5.60 Å². The predicted molar refractivity (Wildman–Crippen MR) is 107 cm³/mol. The number of aliphatic hydroxyl groups excluding tert-OH is 1. The number of ether oxygens (including phenoxy) is 1. The molecule has 1 aliphatic heterocycles. The van der Waals surface area contributed by atoms with Gasteiger partial charge >= 0.3 is 5.97 Å². The van der Waals surface area contributed by atoms with E-state index >= 15 is 0 Å². The fourth-order valence-corrected chi connectivity index (χ4v) is 9.21. The van der Waals surface area contributed by atoms with Gasteiger partial charge in [0.2, 0.25) is 0 Å². The van der Waals surface area contributed by atoms with E-state index in [2.05, 4.69) is 20.8 Å². The molecule has 5 fully saturated rings. The van der Waals surface area contributed by atoms with E-state index in [0.29, 0.717) is 41.6 Å². The summed E-state index contributed by atoms with van der Waals surface area (Å²) in [6.07, 6.45) is 10.7. The van der Waals surface area contributed by atoms with Gasteiger partial charge in [-0.3, -0.25) is 4.79 Å². The largest absolute Gasteiger partial charge is 0.481 e. The minimum atomic E-state index is -0.662. The Kier molecular flexibility index (Phi) is 4.29. The summed E-state index contributed by atoms with van der Waals surface area (Å²) < 4.78 is 6.73. The second-order valence-corrected chi connectivity index (χ2v) is 11.5. The monoisotopic (exact) mass is 390 g/mol. The van der Waals surface area contributed by atoms with Crippen LogP contribution < -0.4 is 0 Å². The zero-order valence-electron chi connectivity index (χ0n) is 17.8. The molecule has 3 unspecified atom stereocenters. The van der Waals surface area contributed by atoms with Crippen molar-refractivity contribution in [3.63, 3.8) is 0 Å². The summed E-state index contributed by atoms with van der Waals surface area (Å²) in [4.78, 5) is 11.1. The molecule has 2 N–H and O–H groups in total. The highest BCUT2D eigenvalue weighted by molar-refractivity contribution is 5.66. The van der Waals surface area contributed by atoms with Gasteiger partial charge in [-0.25, -0.2) is 0 Å². The lowest BCUT2D eigenvalue weighted by atomic mass is 9.44. The van der Waals surface area contributed by atoms with Gasteiger partial charge in [-0.1, -0.05) is 20.8 Å². The van der Waals surface area contributed by atoms with Crippen molar-refractivity contribution in [1.82, 2.24) is 0 Å². The molecule has 4 aliphatic carbocycles. The van der Waals surface area contributed by atoms with Crippen LogP contribution in [-0.4, -0.2) is 34.0 Å². The third kappa shape index (κ3) is 2.40. The molecule has 0 aromatic carbocycles. The van der Waals surface area contributed by atoms with Crippen LogP contribution in [0.15, 0.2) is 0 Å². The number of hydrogen-bond acceptors (Lipinski definition) is 3. The van der Waals surface area contributed by atoms with Crippen molar-refractivity contribution in [3.8, 4) is 0 Å². The molecule has 158 valence electrons. The van der Waals surface area contributed by atoms with Gasteiger partial charge in [0, 0.05) is 11.8 Å². The topological polar surface area (TPSA) is 70.1 Å². The number of aliphatic carboxylic acids is 1. The van der Waals surface area contributed by atoms with E-state index in [9.17, 15) is 9.90 Å². The number of carbonyl (C=O) groups is 1. The Morgan fingerprint density at radius 2 is 1.89 bits per heavy atom. The number of hydrogen-bond donors (Lipinski definition) is 2. The number of carboxylic acids is 1. The Hall–Kier alpha value is -0.610. The lowest BCUT2D eigenvalue weighted by Gasteiger charge is -2.59. The van der Waals surface area contributed by atoms with Gasteiger partial charge < -0.3 is 14.9 Å². The molecule has 4 nitrogen and oxygen atoms in total. The molecule has 28 heavy (non-hydrogen) atoms. The minimum absolute atomic E-state index is 0.0828. The average Bonchev–Trinajstić information content (AvgIpc) is 3.25. The van der Waals surface area contributed by atoms with Crippen LogP contribution in [0.2, 0.25) is 0 Å². The number of carboxylic acid groups (broad SMARTS) is 1.